The lowest BCUT2D eigenvalue weighted by Crippen LogP contribution is -2.47. The van der Waals surface area contributed by atoms with Gasteiger partial charge in [-0.3, -0.25) is 4.79 Å². The van der Waals surface area contributed by atoms with Crippen LogP contribution in [-0.4, -0.2) is 53.2 Å². The summed E-state index contributed by atoms with van der Waals surface area (Å²) in [5.41, 5.74) is 7.41. The zero-order valence-electron chi connectivity index (χ0n) is 21.8. The van der Waals surface area contributed by atoms with Gasteiger partial charge in [0.15, 0.2) is 0 Å². The van der Waals surface area contributed by atoms with Gasteiger partial charge in [0.1, 0.15) is 5.82 Å². The summed E-state index contributed by atoms with van der Waals surface area (Å²) in [7, 11) is 1.87. The first kappa shape index (κ1) is 23.7. The molecular formula is C30H38N4O2. The highest BCUT2D eigenvalue weighted by Crippen LogP contribution is 2.43. The number of hydrogen-bond donors (Lipinski definition) is 1. The monoisotopic (exact) mass is 486 g/mol. The zero-order valence-corrected chi connectivity index (χ0v) is 21.8. The van der Waals surface area contributed by atoms with E-state index in [9.17, 15) is 4.79 Å². The number of carbonyl (C=O) groups excluding carboxylic acids is 1. The lowest BCUT2D eigenvalue weighted by atomic mass is 9.98. The number of imidazole rings is 1. The minimum Gasteiger partial charge on any atom is -0.378 e. The minimum absolute atomic E-state index is 0.0728. The molecule has 1 saturated carbocycles. The fourth-order valence-electron chi connectivity index (χ4n) is 6.40. The lowest BCUT2D eigenvalue weighted by molar-refractivity contribution is -0.115. The third-order valence-electron chi connectivity index (χ3n) is 8.40. The molecular weight excluding hydrogens is 448 g/mol. The second kappa shape index (κ2) is 9.64. The van der Waals surface area contributed by atoms with Crippen LogP contribution in [0.3, 0.4) is 0 Å². The highest BCUT2D eigenvalue weighted by Gasteiger charge is 2.38. The number of anilines is 1. The molecule has 3 aliphatic rings. The number of amides is 1. The Morgan fingerprint density at radius 1 is 1.11 bits per heavy atom. The smallest absolute Gasteiger partial charge is 0.224 e. The van der Waals surface area contributed by atoms with Gasteiger partial charge in [0.05, 0.1) is 23.2 Å². The second-order valence-electron chi connectivity index (χ2n) is 11.2. The molecule has 2 fully saturated rings. The van der Waals surface area contributed by atoms with Gasteiger partial charge in [0, 0.05) is 44.8 Å². The second-order valence-corrected chi connectivity index (χ2v) is 11.2. The van der Waals surface area contributed by atoms with Crippen molar-refractivity contribution in [2.75, 3.05) is 32.1 Å². The van der Waals surface area contributed by atoms with E-state index in [1.165, 1.54) is 40.9 Å². The van der Waals surface area contributed by atoms with Gasteiger partial charge in [-0.1, -0.05) is 19.1 Å². The minimum atomic E-state index is 0.0728. The fourth-order valence-corrected chi connectivity index (χ4v) is 6.40. The van der Waals surface area contributed by atoms with Crippen LogP contribution in [0.25, 0.3) is 11.0 Å². The Bertz CT molecular complexity index is 1280. The molecule has 0 bridgehead atoms. The summed E-state index contributed by atoms with van der Waals surface area (Å²) >= 11 is 0. The number of likely N-dealkylation sites (tertiary alicyclic amines) is 1. The van der Waals surface area contributed by atoms with Crippen molar-refractivity contribution in [3.8, 4) is 0 Å². The molecule has 3 atom stereocenters. The van der Waals surface area contributed by atoms with E-state index in [0.29, 0.717) is 24.3 Å². The summed E-state index contributed by atoms with van der Waals surface area (Å²) in [6, 6.07) is 13.5. The van der Waals surface area contributed by atoms with E-state index in [0.717, 1.165) is 50.1 Å². The lowest BCUT2D eigenvalue weighted by Gasteiger charge is -2.40. The van der Waals surface area contributed by atoms with E-state index in [-0.39, 0.29) is 12.0 Å². The molecule has 6 rings (SSSR count). The number of aryl methyl sites for hydroxylation is 1. The maximum absolute atomic E-state index is 11.8. The number of nitrogens with zero attached hydrogens (tertiary/aromatic N) is 3. The Morgan fingerprint density at radius 2 is 1.94 bits per heavy atom. The van der Waals surface area contributed by atoms with Crippen LogP contribution in [0.2, 0.25) is 0 Å². The topological polar surface area (TPSA) is 59.4 Å². The van der Waals surface area contributed by atoms with Crippen molar-refractivity contribution in [3.05, 3.63) is 58.9 Å². The molecule has 190 valence electrons. The van der Waals surface area contributed by atoms with Gasteiger partial charge in [-0.05, 0) is 85.9 Å². The SMILES string of the molecule is CCC(=O)Nc1ccc2c(c1)C[C@H](CN1CC[C@@H](n3c(C4CC4)nc4cc(C)ccc43)[C@H](OC)C1)C2. The summed E-state index contributed by atoms with van der Waals surface area (Å²) in [6.45, 7) is 7.18. The van der Waals surface area contributed by atoms with Crippen molar-refractivity contribution in [3.63, 3.8) is 0 Å². The van der Waals surface area contributed by atoms with Crippen LogP contribution >= 0.6 is 0 Å². The Morgan fingerprint density at radius 3 is 2.72 bits per heavy atom. The van der Waals surface area contributed by atoms with Gasteiger partial charge in [-0.15, -0.1) is 0 Å². The van der Waals surface area contributed by atoms with E-state index in [4.69, 9.17) is 9.72 Å². The molecule has 1 amide bonds. The van der Waals surface area contributed by atoms with Gasteiger partial charge >= 0.3 is 0 Å². The highest BCUT2D eigenvalue weighted by molar-refractivity contribution is 5.90. The van der Waals surface area contributed by atoms with Gasteiger partial charge in [-0.25, -0.2) is 4.98 Å². The molecule has 2 heterocycles. The molecule has 0 radical (unpaired) electrons. The van der Waals surface area contributed by atoms with Gasteiger partial charge in [0.2, 0.25) is 5.91 Å². The Kier molecular flexibility index (Phi) is 6.34. The number of rotatable bonds is 7. The highest BCUT2D eigenvalue weighted by atomic mass is 16.5. The molecule has 3 aromatic rings. The van der Waals surface area contributed by atoms with Crippen LogP contribution in [0.5, 0.6) is 0 Å². The number of methoxy groups -OCH3 is 1. The van der Waals surface area contributed by atoms with Gasteiger partial charge in [0.25, 0.3) is 0 Å². The molecule has 6 nitrogen and oxygen atoms in total. The molecule has 0 spiro atoms. The maximum Gasteiger partial charge on any atom is 0.224 e. The number of carbonyl (C=O) groups is 1. The first-order valence-electron chi connectivity index (χ1n) is 13.7. The first-order valence-corrected chi connectivity index (χ1v) is 13.7. The fraction of sp³-hybridized carbons (Fsp3) is 0.533. The molecule has 1 aromatic heterocycles. The van der Waals surface area contributed by atoms with Crippen LogP contribution in [0.15, 0.2) is 36.4 Å². The van der Waals surface area contributed by atoms with Crippen molar-refractivity contribution in [2.24, 2.45) is 5.92 Å². The molecule has 1 saturated heterocycles. The number of hydrogen-bond acceptors (Lipinski definition) is 4. The molecule has 1 N–H and O–H groups in total. The summed E-state index contributed by atoms with van der Waals surface area (Å²) in [5.74, 6) is 2.57. The number of benzene rings is 2. The van der Waals surface area contributed by atoms with Crippen molar-refractivity contribution in [1.29, 1.82) is 0 Å². The molecule has 0 unspecified atom stereocenters. The molecule has 2 aliphatic carbocycles. The normalized spacial score (nSPS) is 24.2. The van der Waals surface area contributed by atoms with Crippen molar-refractivity contribution in [1.82, 2.24) is 14.5 Å². The molecule has 36 heavy (non-hydrogen) atoms. The number of piperidine rings is 1. The third-order valence-corrected chi connectivity index (χ3v) is 8.40. The number of ether oxygens (including phenoxy) is 1. The van der Waals surface area contributed by atoms with Crippen molar-refractivity contribution < 1.29 is 9.53 Å². The molecule has 1 aliphatic heterocycles. The summed E-state index contributed by atoms with van der Waals surface area (Å²) in [6.07, 6.45) is 6.47. The van der Waals surface area contributed by atoms with Crippen LogP contribution in [0.4, 0.5) is 5.69 Å². The summed E-state index contributed by atoms with van der Waals surface area (Å²) in [4.78, 5) is 19.5. The van der Waals surface area contributed by atoms with Crippen LogP contribution < -0.4 is 5.32 Å². The van der Waals surface area contributed by atoms with Crippen LogP contribution in [-0.2, 0) is 22.4 Å². The Balaban J connectivity index is 1.15. The predicted octanol–water partition coefficient (Wildman–Crippen LogP) is 5.25. The van der Waals surface area contributed by atoms with E-state index in [2.05, 4.69) is 58.1 Å². The number of aromatic nitrogens is 2. The summed E-state index contributed by atoms with van der Waals surface area (Å²) < 4.78 is 8.68. The maximum atomic E-state index is 11.8. The largest absolute Gasteiger partial charge is 0.378 e. The van der Waals surface area contributed by atoms with E-state index in [1.807, 2.05) is 14.0 Å². The van der Waals surface area contributed by atoms with E-state index < -0.39 is 0 Å². The third kappa shape index (κ3) is 4.57. The van der Waals surface area contributed by atoms with E-state index >= 15 is 0 Å². The van der Waals surface area contributed by atoms with Crippen LogP contribution in [0, 0.1) is 12.8 Å². The number of nitrogens with one attached hydrogen (secondary N) is 1. The van der Waals surface area contributed by atoms with E-state index in [1.54, 1.807) is 0 Å². The molecule has 2 aromatic carbocycles. The van der Waals surface area contributed by atoms with Crippen molar-refractivity contribution in [2.45, 2.75) is 70.4 Å². The summed E-state index contributed by atoms with van der Waals surface area (Å²) in [5, 5.41) is 3.01. The zero-order chi connectivity index (χ0) is 24.8. The van der Waals surface area contributed by atoms with Gasteiger partial charge < -0.3 is 19.5 Å². The first-order chi connectivity index (χ1) is 17.5. The average Bonchev–Trinajstić information content (AvgIpc) is 3.55. The Labute approximate surface area is 214 Å². The number of fused-ring (bicyclic) bond motifs is 2. The predicted molar refractivity (Wildman–Crippen MR) is 144 cm³/mol. The average molecular weight is 487 g/mol. The van der Waals surface area contributed by atoms with Crippen LogP contribution in [0.1, 0.15) is 67.1 Å². The van der Waals surface area contributed by atoms with Gasteiger partial charge in [-0.2, -0.15) is 0 Å². The molecule has 6 heteroatoms. The standard InChI is InChI=1S/C30H38N4O2/c1-4-29(35)31-24-9-8-22-14-20(15-23(22)16-24)17-33-12-11-27(28(18-33)36-3)34-26-10-5-19(2)13-25(26)32-30(34)21-6-7-21/h5,8-10,13,16,20-21,27-28H,4,6-7,11-12,14-15,17-18H2,1-3H3,(H,31,35)/t20-,27-,28-/m1/s1. The quantitative estimate of drug-likeness (QED) is 0.496. The van der Waals surface area contributed by atoms with Crippen molar-refractivity contribution >= 4 is 22.6 Å². The Hall–Kier alpha value is -2.70.